The highest BCUT2D eigenvalue weighted by atomic mass is 16.5. The molecule has 2 aromatic rings. The van der Waals surface area contributed by atoms with Crippen molar-refractivity contribution in [1.29, 1.82) is 0 Å². The molecule has 2 bridgehead atoms. The molecule has 2 aromatic heterocycles. The van der Waals surface area contributed by atoms with Gasteiger partial charge >= 0.3 is 0 Å². The number of H-pyrrole nitrogens is 1. The Hall–Kier alpha value is -1.69. The zero-order valence-electron chi connectivity index (χ0n) is 13.2. The lowest BCUT2D eigenvalue weighted by Crippen LogP contribution is -2.19. The van der Waals surface area contributed by atoms with Gasteiger partial charge in [0.05, 0.1) is 24.0 Å². The number of aromatic nitrogens is 5. The summed E-state index contributed by atoms with van der Waals surface area (Å²) in [4.78, 5) is 4.88. The second kappa shape index (κ2) is 5.50. The quantitative estimate of drug-likeness (QED) is 0.922. The van der Waals surface area contributed by atoms with Crippen LogP contribution in [0.5, 0.6) is 0 Å². The fourth-order valence-corrected chi connectivity index (χ4v) is 3.70. The fraction of sp³-hybridized carbons (Fsp3) is 0.688. The van der Waals surface area contributed by atoms with Gasteiger partial charge in [-0.25, -0.2) is 9.67 Å². The molecule has 6 heteroatoms. The van der Waals surface area contributed by atoms with E-state index in [2.05, 4.69) is 21.8 Å². The normalized spacial score (nSPS) is 26.9. The molecule has 22 heavy (non-hydrogen) atoms. The minimum Gasteiger partial charge on any atom is -0.374 e. The molecule has 0 radical (unpaired) electrons. The molecular formula is C16H23N5O. The van der Waals surface area contributed by atoms with Crippen molar-refractivity contribution in [3.8, 4) is 11.4 Å². The molecule has 0 spiro atoms. The second-order valence-electron chi connectivity index (χ2n) is 6.50. The minimum atomic E-state index is 0.341. The van der Waals surface area contributed by atoms with Crippen molar-refractivity contribution in [2.75, 3.05) is 0 Å². The molecule has 0 saturated carbocycles. The van der Waals surface area contributed by atoms with E-state index >= 15 is 0 Å². The maximum atomic E-state index is 6.02. The van der Waals surface area contributed by atoms with Crippen LogP contribution in [0.3, 0.4) is 0 Å². The SMILES string of the molecule is CCCCn1nc(-c2cn[nH]c2C)nc1[C@@H]1C[C@@H]2CC[C@H]1O2. The van der Waals surface area contributed by atoms with Gasteiger partial charge in [-0.3, -0.25) is 5.10 Å². The Kier molecular flexibility index (Phi) is 3.48. The van der Waals surface area contributed by atoms with Gasteiger partial charge in [0.15, 0.2) is 5.82 Å². The Labute approximate surface area is 130 Å². The van der Waals surface area contributed by atoms with Crippen molar-refractivity contribution in [1.82, 2.24) is 25.0 Å². The first-order valence-electron chi connectivity index (χ1n) is 8.36. The Morgan fingerprint density at radius 3 is 2.95 bits per heavy atom. The smallest absolute Gasteiger partial charge is 0.184 e. The van der Waals surface area contributed by atoms with Crippen LogP contribution >= 0.6 is 0 Å². The molecule has 4 heterocycles. The number of ether oxygens (including phenoxy) is 1. The summed E-state index contributed by atoms with van der Waals surface area (Å²) >= 11 is 0. The van der Waals surface area contributed by atoms with Gasteiger partial charge in [0.1, 0.15) is 5.82 Å². The first-order chi connectivity index (χ1) is 10.8. The number of hydrogen-bond donors (Lipinski definition) is 1. The van der Waals surface area contributed by atoms with E-state index in [1.807, 2.05) is 13.1 Å². The topological polar surface area (TPSA) is 68.6 Å². The summed E-state index contributed by atoms with van der Waals surface area (Å²) < 4.78 is 8.13. The third-order valence-electron chi connectivity index (χ3n) is 4.93. The zero-order valence-corrected chi connectivity index (χ0v) is 13.2. The first-order valence-corrected chi connectivity index (χ1v) is 8.36. The number of aromatic amines is 1. The monoisotopic (exact) mass is 301 g/mol. The van der Waals surface area contributed by atoms with Crippen LogP contribution < -0.4 is 0 Å². The molecular weight excluding hydrogens is 278 g/mol. The third kappa shape index (κ3) is 2.26. The third-order valence-corrected chi connectivity index (χ3v) is 4.93. The van der Waals surface area contributed by atoms with Gasteiger partial charge in [-0.05, 0) is 32.6 Å². The molecule has 0 aromatic carbocycles. The van der Waals surface area contributed by atoms with Crippen LogP contribution in [0.2, 0.25) is 0 Å². The van der Waals surface area contributed by atoms with E-state index in [0.717, 1.165) is 55.1 Å². The van der Waals surface area contributed by atoms with Crippen molar-refractivity contribution in [2.45, 2.75) is 70.6 Å². The van der Waals surface area contributed by atoms with Crippen LogP contribution in [0, 0.1) is 6.92 Å². The molecule has 0 amide bonds. The molecule has 2 fully saturated rings. The summed E-state index contributed by atoms with van der Waals surface area (Å²) in [6, 6.07) is 0. The predicted molar refractivity (Wildman–Crippen MR) is 82.5 cm³/mol. The molecule has 1 N–H and O–H groups in total. The van der Waals surface area contributed by atoms with E-state index in [9.17, 15) is 0 Å². The molecule has 6 nitrogen and oxygen atoms in total. The number of nitrogens with one attached hydrogen (secondary N) is 1. The Morgan fingerprint density at radius 2 is 2.32 bits per heavy atom. The predicted octanol–water partition coefficient (Wildman–Crippen LogP) is 2.81. The van der Waals surface area contributed by atoms with Gasteiger partial charge in [-0.15, -0.1) is 0 Å². The van der Waals surface area contributed by atoms with E-state index in [4.69, 9.17) is 14.8 Å². The summed E-state index contributed by atoms with van der Waals surface area (Å²) in [6.07, 6.45) is 8.34. The van der Waals surface area contributed by atoms with Crippen molar-refractivity contribution in [2.24, 2.45) is 0 Å². The van der Waals surface area contributed by atoms with Gasteiger partial charge in [-0.1, -0.05) is 13.3 Å². The van der Waals surface area contributed by atoms with Crippen LogP contribution in [0.4, 0.5) is 0 Å². The van der Waals surface area contributed by atoms with Gasteiger partial charge in [-0.2, -0.15) is 10.2 Å². The number of unbranched alkanes of at least 4 members (excludes halogenated alkanes) is 1. The number of fused-ring (bicyclic) bond motifs is 2. The zero-order chi connectivity index (χ0) is 15.1. The van der Waals surface area contributed by atoms with Crippen molar-refractivity contribution >= 4 is 0 Å². The molecule has 2 aliphatic rings. The number of nitrogens with zero attached hydrogens (tertiary/aromatic N) is 4. The van der Waals surface area contributed by atoms with Gasteiger partial charge in [0, 0.05) is 18.2 Å². The van der Waals surface area contributed by atoms with Crippen molar-refractivity contribution in [3.63, 3.8) is 0 Å². The summed E-state index contributed by atoms with van der Waals surface area (Å²) in [5.74, 6) is 2.31. The highest BCUT2D eigenvalue weighted by Gasteiger charge is 2.43. The Bertz CT molecular complexity index is 661. The number of aryl methyl sites for hydroxylation is 2. The number of rotatable bonds is 5. The van der Waals surface area contributed by atoms with E-state index < -0.39 is 0 Å². The van der Waals surface area contributed by atoms with Gasteiger partial charge < -0.3 is 4.74 Å². The van der Waals surface area contributed by atoms with E-state index in [0.29, 0.717) is 18.1 Å². The largest absolute Gasteiger partial charge is 0.374 e. The molecule has 0 unspecified atom stereocenters. The van der Waals surface area contributed by atoms with Crippen LogP contribution in [-0.4, -0.2) is 37.2 Å². The number of hydrogen-bond acceptors (Lipinski definition) is 4. The van der Waals surface area contributed by atoms with Crippen LogP contribution in [-0.2, 0) is 11.3 Å². The standard InChI is InChI=1S/C16H23N5O/c1-3-4-7-21-16(12-8-11-5-6-14(12)22-11)18-15(20-21)13-9-17-19-10(13)2/h9,11-12,14H,3-8H2,1-2H3,(H,17,19)/t11-,12+,14+/m0/s1. The molecule has 2 aliphatic heterocycles. The van der Waals surface area contributed by atoms with Gasteiger partial charge in [0.25, 0.3) is 0 Å². The lowest BCUT2D eigenvalue weighted by Gasteiger charge is -2.18. The molecule has 2 saturated heterocycles. The fourth-order valence-electron chi connectivity index (χ4n) is 3.70. The summed E-state index contributed by atoms with van der Waals surface area (Å²) in [5.41, 5.74) is 2.02. The maximum absolute atomic E-state index is 6.02. The Morgan fingerprint density at radius 1 is 1.41 bits per heavy atom. The molecule has 118 valence electrons. The summed E-state index contributed by atoms with van der Waals surface area (Å²) in [7, 11) is 0. The Balaban J connectivity index is 1.69. The highest BCUT2D eigenvalue weighted by molar-refractivity contribution is 5.56. The van der Waals surface area contributed by atoms with Crippen molar-refractivity contribution < 1.29 is 4.74 Å². The van der Waals surface area contributed by atoms with Crippen LogP contribution in [0.15, 0.2) is 6.20 Å². The van der Waals surface area contributed by atoms with E-state index in [-0.39, 0.29) is 0 Å². The lowest BCUT2D eigenvalue weighted by atomic mass is 9.88. The highest BCUT2D eigenvalue weighted by Crippen LogP contribution is 2.44. The van der Waals surface area contributed by atoms with Gasteiger partial charge in [0.2, 0.25) is 0 Å². The first kappa shape index (κ1) is 13.9. The van der Waals surface area contributed by atoms with E-state index in [1.165, 1.54) is 6.42 Å². The van der Waals surface area contributed by atoms with Crippen LogP contribution in [0.1, 0.15) is 56.5 Å². The lowest BCUT2D eigenvalue weighted by molar-refractivity contribution is 0.0994. The average molecular weight is 301 g/mol. The minimum absolute atomic E-state index is 0.341. The summed E-state index contributed by atoms with van der Waals surface area (Å²) in [5, 5.41) is 11.8. The average Bonchev–Trinajstić information content (AvgIpc) is 3.27. The molecule has 3 atom stereocenters. The summed E-state index contributed by atoms with van der Waals surface area (Å²) in [6.45, 7) is 5.15. The van der Waals surface area contributed by atoms with Crippen molar-refractivity contribution in [3.05, 3.63) is 17.7 Å². The second-order valence-corrected chi connectivity index (χ2v) is 6.50. The molecule has 4 rings (SSSR count). The molecule has 0 aliphatic carbocycles. The van der Waals surface area contributed by atoms with E-state index in [1.54, 1.807) is 0 Å². The maximum Gasteiger partial charge on any atom is 0.184 e. The van der Waals surface area contributed by atoms with Crippen LogP contribution in [0.25, 0.3) is 11.4 Å².